The molecule has 21 heavy (non-hydrogen) atoms. The highest BCUT2D eigenvalue weighted by Gasteiger charge is 2.23. The van der Waals surface area contributed by atoms with E-state index < -0.39 is 0 Å². The Labute approximate surface area is 127 Å². The molecule has 2 fully saturated rings. The first kappa shape index (κ1) is 14.8. The number of hydrogen-bond donors (Lipinski definition) is 1. The van der Waals surface area contributed by atoms with Crippen LogP contribution in [0.25, 0.3) is 0 Å². The summed E-state index contributed by atoms with van der Waals surface area (Å²) in [6, 6.07) is 6.71. The number of nitrogens with one attached hydrogen (secondary N) is 1. The van der Waals surface area contributed by atoms with Gasteiger partial charge in [0.15, 0.2) is 0 Å². The molecule has 0 aliphatic heterocycles. The van der Waals surface area contributed by atoms with Gasteiger partial charge in [-0.3, -0.25) is 0 Å². The molecule has 1 aromatic carbocycles. The second kappa shape index (κ2) is 6.35. The van der Waals surface area contributed by atoms with Crippen LogP contribution in [0.2, 0.25) is 0 Å². The summed E-state index contributed by atoms with van der Waals surface area (Å²) < 4.78 is 13.9. The summed E-state index contributed by atoms with van der Waals surface area (Å²) in [6.07, 6.45) is 7.57. The van der Waals surface area contributed by atoms with Gasteiger partial charge in [0, 0.05) is 31.4 Å². The predicted octanol–water partition coefficient (Wildman–Crippen LogP) is 4.09. The van der Waals surface area contributed by atoms with Crippen LogP contribution >= 0.6 is 0 Å². The minimum absolute atomic E-state index is 0.115. The zero-order valence-electron chi connectivity index (χ0n) is 13.2. The number of hydrogen-bond acceptors (Lipinski definition) is 2. The van der Waals surface area contributed by atoms with Gasteiger partial charge in [-0.25, -0.2) is 4.39 Å². The first-order chi connectivity index (χ1) is 10.1. The van der Waals surface area contributed by atoms with Crippen molar-refractivity contribution in [1.82, 2.24) is 5.32 Å². The Morgan fingerprint density at radius 2 is 1.81 bits per heavy atom. The Balaban J connectivity index is 1.67. The first-order valence-electron chi connectivity index (χ1n) is 8.37. The quantitative estimate of drug-likeness (QED) is 0.878. The van der Waals surface area contributed by atoms with E-state index in [0.717, 1.165) is 23.7 Å². The Hall–Kier alpha value is -1.09. The van der Waals surface area contributed by atoms with E-state index in [0.29, 0.717) is 12.1 Å². The summed E-state index contributed by atoms with van der Waals surface area (Å²) >= 11 is 0. The van der Waals surface area contributed by atoms with Gasteiger partial charge in [-0.2, -0.15) is 0 Å². The van der Waals surface area contributed by atoms with E-state index in [9.17, 15) is 4.39 Å². The van der Waals surface area contributed by atoms with E-state index in [2.05, 4.69) is 30.3 Å². The molecule has 2 aliphatic rings. The number of halogens is 1. The molecular formula is C18H27FN2. The molecule has 0 saturated heterocycles. The van der Waals surface area contributed by atoms with Crippen LogP contribution in [-0.4, -0.2) is 19.1 Å². The van der Waals surface area contributed by atoms with Gasteiger partial charge in [-0.1, -0.05) is 6.92 Å². The van der Waals surface area contributed by atoms with Crippen molar-refractivity contribution in [2.24, 2.45) is 5.92 Å². The van der Waals surface area contributed by atoms with Crippen LogP contribution in [0.15, 0.2) is 18.2 Å². The fourth-order valence-corrected chi connectivity index (χ4v) is 3.33. The zero-order chi connectivity index (χ0) is 14.8. The van der Waals surface area contributed by atoms with Crippen LogP contribution in [0.4, 0.5) is 10.1 Å². The van der Waals surface area contributed by atoms with Gasteiger partial charge < -0.3 is 10.2 Å². The number of nitrogens with zero attached hydrogens (tertiary/aromatic N) is 1. The van der Waals surface area contributed by atoms with E-state index in [-0.39, 0.29) is 5.82 Å². The lowest BCUT2D eigenvalue weighted by Crippen LogP contribution is -2.35. The molecule has 1 N–H and O–H groups in total. The SMILES string of the molecule is CC1CCC(N(C)c2cc(F)cc(CNC3CC3)c2)CC1. The number of anilines is 1. The van der Waals surface area contributed by atoms with Crippen LogP contribution in [-0.2, 0) is 6.54 Å². The second-order valence-corrected chi connectivity index (χ2v) is 7.00. The molecule has 3 heteroatoms. The van der Waals surface area contributed by atoms with Crippen LogP contribution < -0.4 is 10.2 Å². The minimum atomic E-state index is -0.115. The van der Waals surface area contributed by atoms with Gasteiger partial charge in [-0.05, 0) is 68.2 Å². The maximum absolute atomic E-state index is 13.9. The maximum Gasteiger partial charge on any atom is 0.125 e. The number of benzene rings is 1. The van der Waals surface area contributed by atoms with Gasteiger partial charge in [-0.15, -0.1) is 0 Å². The lowest BCUT2D eigenvalue weighted by atomic mass is 9.86. The van der Waals surface area contributed by atoms with Crippen molar-refractivity contribution >= 4 is 5.69 Å². The average Bonchev–Trinajstić information content (AvgIpc) is 3.29. The Kier molecular flexibility index (Phi) is 4.48. The highest BCUT2D eigenvalue weighted by atomic mass is 19.1. The van der Waals surface area contributed by atoms with Crippen molar-refractivity contribution < 1.29 is 4.39 Å². The van der Waals surface area contributed by atoms with Crippen LogP contribution in [0, 0.1) is 11.7 Å². The fraction of sp³-hybridized carbons (Fsp3) is 0.667. The van der Waals surface area contributed by atoms with E-state index in [4.69, 9.17) is 0 Å². The molecule has 0 aromatic heterocycles. The van der Waals surface area contributed by atoms with Gasteiger partial charge in [0.25, 0.3) is 0 Å². The monoisotopic (exact) mass is 290 g/mol. The van der Waals surface area contributed by atoms with E-state index >= 15 is 0 Å². The third kappa shape index (κ3) is 3.97. The average molecular weight is 290 g/mol. The molecule has 0 unspecified atom stereocenters. The predicted molar refractivity (Wildman–Crippen MR) is 86.1 cm³/mol. The summed E-state index contributed by atoms with van der Waals surface area (Å²) in [5.74, 6) is 0.733. The molecule has 2 aliphatic carbocycles. The molecule has 2 nitrogen and oxygen atoms in total. The fourth-order valence-electron chi connectivity index (χ4n) is 3.33. The molecule has 0 radical (unpaired) electrons. The van der Waals surface area contributed by atoms with E-state index in [1.165, 1.54) is 38.5 Å². The number of rotatable bonds is 5. The van der Waals surface area contributed by atoms with Crippen molar-refractivity contribution in [3.8, 4) is 0 Å². The summed E-state index contributed by atoms with van der Waals surface area (Å²) in [5, 5.41) is 3.47. The molecule has 2 saturated carbocycles. The highest BCUT2D eigenvalue weighted by molar-refractivity contribution is 5.49. The molecule has 0 atom stereocenters. The molecule has 0 heterocycles. The molecule has 116 valence electrons. The third-order valence-electron chi connectivity index (χ3n) is 5.05. The molecule has 3 rings (SSSR count). The maximum atomic E-state index is 13.9. The Morgan fingerprint density at radius 1 is 1.10 bits per heavy atom. The van der Waals surface area contributed by atoms with Crippen LogP contribution in [0.1, 0.15) is 51.0 Å². The largest absolute Gasteiger partial charge is 0.372 e. The van der Waals surface area contributed by atoms with Crippen LogP contribution in [0.3, 0.4) is 0 Å². The van der Waals surface area contributed by atoms with Gasteiger partial charge >= 0.3 is 0 Å². The lowest BCUT2D eigenvalue weighted by molar-refractivity contribution is 0.340. The lowest BCUT2D eigenvalue weighted by Gasteiger charge is -2.35. The Morgan fingerprint density at radius 3 is 2.48 bits per heavy atom. The first-order valence-corrected chi connectivity index (χ1v) is 8.37. The topological polar surface area (TPSA) is 15.3 Å². The Bertz CT molecular complexity index is 476. The van der Waals surface area contributed by atoms with Crippen molar-refractivity contribution in [2.45, 2.75) is 64.1 Å². The third-order valence-corrected chi connectivity index (χ3v) is 5.05. The van der Waals surface area contributed by atoms with Crippen molar-refractivity contribution in [2.75, 3.05) is 11.9 Å². The van der Waals surface area contributed by atoms with Crippen molar-refractivity contribution in [3.63, 3.8) is 0 Å². The second-order valence-electron chi connectivity index (χ2n) is 7.00. The van der Waals surface area contributed by atoms with Gasteiger partial charge in [0.1, 0.15) is 5.82 Å². The van der Waals surface area contributed by atoms with Gasteiger partial charge in [0.05, 0.1) is 0 Å². The normalized spacial score (nSPS) is 25.9. The van der Waals surface area contributed by atoms with Crippen molar-refractivity contribution in [1.29, 1.82) is 0 Å². The summed E-state index contributed by atoms with van der Waals surface area (Å²) in [6.45, 7) is 3.12. The van der Waals surface area contributed by atoms with E-state index in [1.807, 2.05) is 0 Å². The zero-order valence-corrected chi connectivity index (χ0v) is 13.2. The highest BCUT2D eigenvalue weighted by Crippen LogP contribution is 2.30. The molecule has 1 aromatic rings. The van der Waals surface area contributed by atoms with E-state index in [1.54, 1.807) is 12.1 Å². The summed E-state index contributed by atoms with van der Waals surface area (Å²) in [4.78, 5) is 2.29. The molecule has 0 spiro atoms. The molecular weight excluding hydrogens is 263 g/mol. The van der Waals surface area contributed by atoms with Gasteiger partial charge in [0.2, 0.25) is 0 Å². The smallest absolute Gasteiger partial charge is 0.125 e. The molecule has 0 bridgehead atoms. The standard InChI is InChI=1S/C18H27FN2/c1-13-3-7-17(8-4-13)21(2)18-10-14(9-15(19)11-18)12-20-16-5-6-16/h9-11,13,16-17,20H,3-8,12H2,1-2H3. The van der Waals surface area contributed by atoms with Crippen molar-refractivity contribution in [3.05, 3.63) is 29.6 Å². The molecule has 0 amide bonds. The summed E-state index contributed by atoms with van der Waals surface area (Å²) in [5.41, 5.74) is 2.09. The summed E-state index contributed by atoms with van der Waals surface area (Å²) in [7, 11) is 2.12. The van der Waals surface area contributed by atoms with Crippen LogP contribution in [0.5, 0.6) is 0 Å². The minimum Gasteiger partial charge on any atom is -0.372 e.